The van der Waals surface area contributed by atoms with Gasteiger partial charge in [0, 0.05) is 26.7 Å². The summed E-state index contributed by atoms with van der Waals surface area (Å²) < 4.78 is 26.3. The third-order valence-electron chi connectivity index (χ3n) is 2.77. The first-order valence-electron chi connectivity index (χ1n) is 5.49. The average molecular weight is 279 g/mol. The van der Waals surface area contributed by atoms with Gasteiger partial charge in [-0.2, -0.15) is 17.0 Å². The molecule has 0 radical (unpaired) electrons. The fraction of sp³-hybridized carbons (Fsp3) is 0.778. The lowest BCUT2D eigenvalue weighted by Gasteiger charge is -2.34. The summed E-state index contributed by atoms with van der Waals surface area (Å²) in [6.07, 6.45) is -0.274. The van der Waals surface area contributed by atoms with Crippen molar-refractivity contribution in [2.24, 2.45) is 0 Å². The van der Waals surface area contributed by atoms with E-state index in [4.69, 9.17) is 5.11 Å². The third-order valence-corrected chi connectivity index (χ3v) is 4.84. The summed E-state index contributed by atoms with van der Waals surface area (Å²) in [7, 11) is -2.49. The molecule has 0 spiro atoms. The van der Waals surface area contributed by atoms with Crippen LogP contribution in [0, 0.1) is 0 Å². The molecule has 1 aliphatic heterocycles. The Bertz CT molecular complexity index is 435. The number of nitrogens with zero attached hydrogens (tertiary/aromatic N) is 2. The van der Waals surface area contributed by atoms with E-state index in [1.165, 1.54) is 14.0 Å². The number of piperazine rings is 1. The zero-order valence-corrected chi connectivity index (χ0v) is 11.1. The lowest BCUT2D eigenvalue weighted by molar-refractivity contribution is -0.137. The molecule has 1 heterocycles. The van der Waals surface area contributed by atoms with E-state index in [1.54, 1.807) is 0 Å². The number of carboxylic acid groups (broad SMARTS) is 1. The molecule has 0 aromatic heterocycles. The van der Waals surface area contributed by atoms with Crippen LogP contribution in [-0.4, -0.2) is 66.7 Å². The molecule has 0 aliphatic carbocycles. The van der Waals surface area contributed by atoms with Gasteiger partial charge in [0.15, 0.2) is 0 Å². The first-order chi connectivity index (χ1) is 8.26. The minimum Gasteiger partial charge on any atom is -0.481 e. The second-order valence-electron chi connectivity index (χ2n) is 4.05. The highest BCUT2D eigenvalue weighted by molar-refractivity contribution is 7.86. The highest BCUT2D eigenvalue weighted by Crippen LogP contribution is 2.13. The number of carboxylic acids is 1. The topological polar surface area (TPSA) is 107 Å². The van der Waals surface area contributed by atoms with Gasteiger partial charge in [-0.25, -0.2) is 0 Å². The normalized spacial score (nSPS) is 21.9. The fourth-order valence-electron chi connectivity index (χ4n) is 1.62. The lowest BCUT2D eigenvalue weighted by Crippen LogP contribution is -2.58. The summed E-state index contributed by atoms with van der Waals surface area (Å²) in [4.78, 5) is 21.8. The molecule has 104 valence electrons. The number of aliphatic carboxylic acids is 1. The van der Waals surface area contributed by atoms with Gasteiger partial charge in [0.25, 0.3) is 10.2 Å². The van der Waals surface area contributed by atoms with Gasteiger partial charge in [-0.05, 0) is 6.92 Å². The molecular weight excluding hydrogens is 262 g/mol. The molecule has 0 bridgehead atoms. The molecule has 18 heavy (non-hydrogen) atoms. The second-order valence-corrected chi connectivity index (χ2v) is 6.04. The molecule has 0 aromatic rings. The van der Waals surface area contributed by atoms with Gasteiger partial charge in [0.1, 0.15) is 6.04 Å². The number of hydrogen-bond acceptors (Lipinski definition) is 4. The van der Waals surface area contributed by atoms with Crippen molar-refractivity contribution in [2.45, 2.75) is 19.4 Å². The van der Waals surface area contributed by atoms with Crippen LogP contribution in [0.25, 0.3) is 0 Å². The summed E-state index contributed by atoms with van der Waals surface area (Å²) in [6, 6.07) is -0.781. The van der Waals surface area contributed by atoms with Crippen LogP contribution in [0.2, 0.25) is 0 Å². The maximum absolute atomic E-state index is 12.1. The highest BCUT2D eigenvalue weighted by Gasteiger charge is 2.36. The number of hydrogen-bond donors (Lipinski definition) is 2. The minimum absolute atomic E-state index is 0.123. The summed E-state index contributed by atoms with van der Waals surface area (Å²) in [5.74, 6) is -1.42. The van der Waals surface area contributed by atoms with Crippen molar-refractivity contribution in [3.63, 3.8) is 0 Å². The molecule has 0 aromatic carbocycles. The van der Waals surface area contributed by atoms with Crippen molar-refractivity contribution in [2.75, 3.05) is 26.7 Å². The molecule has 9 heteroatoms. The van der Waals surface area contributed by atoms with Crippen molar-refractivity contribution < 1.29 is 23.1 Å². The molecule has 1 fully saturated rings. The standard InChI is InChI=1S/C9H17N3O5S/c1-7-9(15)10-4-6-12(7)18(16,17)11(2)5-3-8(13)14/h7H,3-6H2,1-2H3,(H,10,15)(H,13,14). The second kappa shape index (κ2) is 5.63. The predicted octanol–water partition coefficient (Wildman–Crippen LogP) is -1.54. The quantitative estimate of drug-likeness (QED) is 0.634. The number of carbonyl (C=O) groups is 2. The molecule has 8 nitrogen and oxygen atoms in total. The smallest absolute Gasteiger partial charge is 0.304 e. The highest BCUT2D eigenvalue weighted by atomic mass is 32.2. The Morgan fingerprint density at radius 1 is 1.61 bits per heavy atom. The molecule has 0 saturated carbocycles. The Balaban J connectivity index is 2.78. The molecule has 1 aliphatic rings. The van der Waals surface area contributed by atoms with E-state index < -0.39 is 22.2 Å². The SMILES string of the molecule is CC1C(=O)NCCN1S(=O)(=O)N(C)CCC(=O)O. The molecule has 1 rings (SSSR count). The molecule has 1 unspecified atom stereocenters. The number of nitrogens with one attached hydrogen (secondary N) is 1. The molecule has 1 atom stereocenters. The molecular formula is C9H17N3O5S. The van der Waals surface area contributed by atoms with Crippen LogP contribution in [0.4, 0.5) is 0 Å². The zero-order chi connectivity index (χ0) is 13.9. The Morgan fingerprint density at radius 2 is 2.22 bits per heavy atom. The van der Waals surface area contributed by atoms with E-state index in [2.05, 4.69) is 5.32 Å². The largest absolute Gasteiger partial charge is 0.481 e. The summed E-state index contributed by atoms with van der Waals surface area (Å²) in [5, 5.41) is 11.1. The van der Waals surface area contributed by atoms with Crippen molar-refractivity contribution in [3.05, 3.63) is 0 Å². The van der Waals surface area contributed by atoms with E-state index in [0.29, 0.717) is 0 Å². The maximum atomic E-state index is 12.1. The first kappa shape index (κ1) is 14.9. The molecule has 1 amide bonds. The van der Waals surface area contributed by atoms with Crippen LogP contribution >= 0.6 is 0 Å². The van der Waals surface area contributed by atoms with Crippen molar-refractivity contribution in [1.29, 1.82) is 0 Å². The first-order valence-corrected chi connectivity index (χ1v) is 6.89. The van der Waals surface area contributed by atoms with Crippen LogP contribution in [0.15, 0.2) is 0 Å². The van der Waals surface area contributed by atoms with Gasteiger partial charge >= 0.3 is 5.97 Å². The van der Waals surface area contributed by atoms with Crippen LogP contribution in [0.5, 0.6) is 0 Å². The van der Waals surface area contributed by atoms with Gasteiger partial charge in [-0.3, -0.25) is 9.59 Å². The number of amides is 1. The fourth-order valence-corrected chi connectivity index (χ4v) is 3.12. The Hall–Kier alpha value is -1.19. The Labute approximate surface area is 106 Å². The van der Waals surface area contributed by atoms with Gasteiger partial charge in [-0.1, -0.05) is 0 Å². The number of carbonyl (C=O) groups excluding carboxylic acids is 1. The lowest BCUT2D eigenvalue weighted by atomic mass is 10.2. The van der Waals surface area contributed by atoms with Gasteiger partial charge in [0.2, 0.25) is 5.91 Å². The average Bonchev–Trinajstić information content (AvgIpc) is 2.29. The summed E-state index contributed by atoms with van der Waals surface area (Å²) in [5.41, 5.74) is 0. The molecule has 2 N–H and O–H groups in total. The zero-order valence-electron chi connectivity index (χ0n) is 10.3. The van der Waals surface area contributed by atoms with Gasteiger partial charge in [0.05, 0.1) is 6.42 Å². The molecule has 1 saturated heterocycles. The predicted molar refractivity (Wildman–Crippen MR) is 63.0 cm³/mol. The maximum Gasteiger partial charge on any atom is 0.304 e. The van der Waals surface area contributed by atoms with E-state index >= 15 is 0 Å². The van der Waals surface area contributed by atoms with Crippen LogP contribution in [0.3, 0.4) is 0 Å². The van der Waals surface area contributed by atoms with Crippen molar-refractivity contribution in [3.8, 4) is 0 Å². The van der Waals surface area contributed by atoms with E-state index in [0.717, 1.165) is 8.61 Å². The summed E-state index contributed by atoms with van der Waals surface area (Å²) >= 11 is 0. The van der Waals surface area contributed by atoms with Crippen LogP contribution in [0.1, 0.15) is 13.3 Å². The van der Waals surface area contributed by atoms with Crippen molar-refractivity contribution in [1.82, 2.24) is 13.9 Å². The Kier molecular flexibility index (Phi) is 4.65. The van der Waals surface area contributed by atoms with Gasteiger partial charge < -0.3 is 10.4 Å². The van der Waals surface area contributed by atoms with Crippen molar-refractivity contribution >= 4 is 22.1 Å². The Morgan fingerprint density at radius 3 is 2.78 bits per heavy atom. The van der Waals surface area contributed by atoms with E-state index in [1.807, 2.05) is 0 Å². The third kappa shape index (κ3) is 3.18. The number of rotatable bonds is 5. The van der Waals surface area contributed by atoms with Crippen LogP contribution < -0.4 is 5.32 Å². The minimum atomic E-state index is -3.80. The van der Waals surface area contributed by atoms with E-state index in [-0.39, 0.29) is 32.0 Å². The van der Waals surface area contributed by atoms with E-state index in [9.17, 15) is 18.0 Å². The summed E-state index contributed by atoms with van der Waals surface area (Å²) in [6.45, 7) is 1.82. The van der Waals surface area contributed by atoms with Gasteiger partial charge in [-0.15, -0.1) is 0 Å². The van der Waals surface area contributed by atoms with Crippen LogP contribution in [-0.2, 0) is 19.8 Å². The monoisotopic (exact) mass is 279 g/mol.